The maximum atomic E-state index is 12.9. The van der Waals surface area contributed by atoms with Gasteiger partial charge in [0.1, 0.15) is 11.3 Å². The van der Waals surface area contributed by atoms with Crippen LogP contribution in [-0.4, -0.2) is 24.5 Å². The maximum Gasteiger partial charge on any atom is 0.416 e. The van der Waals surface area contributed by atoms with Gasteiger partial charge in [0.2, 0.25) is 0 Å². The molecule has 1 N–H and O–H groups in total. The second kappa shape index (κ2) is 7.09. The average Bonchev–Trinajstić information content (AvgIpc) is 3.31. The highest BCUT2D eigenvalue weighted by Gasteiger charge is 2.44. The molecule has 1 aliphatic carbocycles. The first-order valence-electron chi connectivity index (χ1n) is 8.43. The van der Waals surface area contributed by atoms with Gasteiger partial charge in [-0.25, -0.2) is 4.79 Å². The minimum atomic E-state index is -4.47. The number of rotatable bonds is 4. The number of alkyl halides is 3. The average molecular weight is 381 g/mol. The van der Waals surface area contributed by atoms with Crippen LogP contribution in [0, 0.1) is 0 Å². The van der Waals surface area contributed by atoms with Crippen molar-refractivity contribution in [2.45, 2.75) is 37.4 Å². The fraction of sp³-hybridized carbons (Fsp3) is 0.368. The number of methoxy groups -OCH3 is 1. The number of furan rings is 1. The van der Waals surface area contributed by atoms with Crippen LogP contribution in [0.2, 0.25) is 0 Å². The summed E-state index contributed by atoms with van der Waals surface area (Å²) in [5.74, 6) is -1.08. The summed E-state index contributed by atoms with van der Waals surface area (Å²) in [4.78, 5) is 24.6. The number of nitrogens with one attached hydrogen (secondary N) is 1. The molecule has 0 bridgehead atoms. The lowest BCUT2D eigenvalue weighted by Gasteiger charge is -2.26. The van der Waals surface area contributed by atoms with Crippen molar-refractivity contribution in [1.82, 2.24) is 5.32 Å². The monoisotopic (exact) mass is 381 g/mol. The summed E-state index contributed by atoms with van der Waals surface area (Å²) in [6, 6.07) is 7.43. The van der Waals surface area contributed by atoms with E-state index in [2.05, 4.69) is 5.32 Å². The molecule has 1 saturated carbocycles. The smallest absolute Gasteiger partial charge is 0.416 e. The van der Waals surface area contributed by atoms with Gasteiger partial charge in [0, 0.05) is 5.56 Å². The largest absolute Gasteiger partial charge is 0.467 e. The molecule has 1 amide bonds. The van der Waals surface area contributed by atoms with Gasteiger partial charge in [0.15, 0.2) is 5.76 Å². The molecule has 1 aromatic heterocycles. The molecule has 1 aliphatic rings. The molecule has 0 radical (unpaired) electrons. The van der Waals surface area contributed by atoms with Crippen molar-refractivity contribution < 1.29 is 31.9 Å². The predicted octanol–water partition coefficient (Wildman–Crippen LogP) is 4.18. The van der Waals surface area contributed by atoms with Gasteiger partial charge >= 0.3 is 12.1 Å². The number of benzene rings is 1. The molecule has 5 nitrogen and oxygen atoms in total. The van der Waals surface area contributed by atoms with Crippen LogP contribution in [0.15, 0.2) is 40.8 Å². The highest BCUT2D eigenvalue weighted by molar-refractivity contribution is 5.96. The molecule has 8 heteroatoms. The Morgan fingerprint density at radius 2 is 1.85 bits per heavy atom. The van der Waals surface area contributed by atoms with Crippen molar-refractivity contribution in [3.8, 4) is 11.3 Å². The van der Waals surface area contributed by atoms with Gasteiger partial charge in [-0.3, -0.25) is 4.79 Å². The second-order valence-corrected chi connectivity index (χ2v) is 6.48. The SMILES string of the molecule is COC(=O)C1(NC(=O)c2ccc(-c3cccc(C(F)(F)F)c3)o2)CCCC1. The van der Waals surface area contributed by atoms with Gasteiger partial charge in [0.05, 0.1) is 12.7 Å². The van der Waals surface area contributed by atoms with E-state index in [1.54, 1.807) is 0 Å². The molecule has 1 heterocycles. The zero-order chi connectivity index (χ0) is 19.7. The molecule has 0 aliphatic heterocycles. The van der Waals surface area contributed by atoms with E-state index in [0.717, 1.165) is 25.0 Å². The summed E-state index contributed by atoms with van der Waals surface area (Å²) in [7, 11) is 1.26. The summed E-state index contributed by atoms with van der Waals surface area (Å²) in [5, 5.41) is 2.67. The molecule has 0 unspecified atom stereocenters. The molecule has 0 saturated heterocycles. The third-order valence-electron chi connectivity index (χ3n) is 4.69. The zero-order valence-corrected chi connectivity index (χ0v) is 14.6. The van der Waals surface area contributed by atoms with E-state index in [-0.39, 0.29) is 17.1 Å². The fourth-order valence-corrected chi connectivity index (χ4v) is 3.30. The first-order valence-corrected chi connectivity index (χ1v) is 8.43. The van der Waals surface area contributed by atoms with E-state index in [0.29, 0.717) is 12.8 Å². The molecular formula is C19H18F3NO4. The van der Waals surface area contributed by atoms with Crippen LogP contribution in [0.25, 0.3) is 11.3 Å². The lowest BCUT2D eigenvalue weighted by atomic mass is 9.97. The second-order valence-electron chi connectivity index (χ2n) is 6.48. The molecule has 144 valence electrons. The third kappa shape index (κ3) is 3.84. The summed E-state index contributed by atoms with van der Waals surface area (Å²) in [6.45, 7) is 0. The van der Waals surface area contributed by atoms with Crippen LogP contribution in [0.4, 0.5) is 13.2 Å². The Kier molecular flexibility index (Phi) is 4.99. The van der Waals surface area contributed by atoms with Crippen LogP contribution in [0.5, 0.6) is 0 Å². The highest BCUT2D eigenvalue weighted by Crippen LogP contribution is 2.34. The van der Waals surface area contributed by atoms with Crippen molar-refractivity contribution in [3.63, 3.8) is 0 Å². The van der Waals surface area contributed by atoms with E-state index in [1.165, 1.54) is 31.4 Å². The first kappa shape index (κ1) is 19.0. The standard InChI is InChI=1S/C19H18F3NO4/c1-26-17(25)18(9-2-3-10-18)23-16(24)15-8-7-14(27-15)12-5-4-6-13(11-12)19(20,21)22/h4-8,11H,2-3,9-10H2,1H3,(H,23,24). The first-order chi connectivity index (χ1) is 12.7. The predicted molar refractivity (Wildman–Crippen MR) is 89.8 cm³/mol. The molecule has 0 atom stereocenters. The lowest BCUT2D eigenvalue weighted by molar-refractivity contribution is -0.148. The topological polar surface area (TPSA) is 68.5 Å². The van der Waals surface area contributed by atoms with Crippen LogP contribution < -0.4 is 5.32 Å². The highest BCUT2D eigenvalue weighted by atomic mass is 19.4. The number of hydrogen-bond acceptors (Lipinski definition) is 4. The minimum Gasteiger partial charge on any atom is -0.467 e. The number of carbonyl (C=O) groups is 2. The lowest BCUT2D eigenvalue weighted by Crippen LogP contribution is -2.53. The van der Waals surface area contributed by atoms with Gasteiger partial charge in [-0.05, 0) is 37.1 Å². The molecule has 0 spiro atoms. The van der Waals surface area contributed by atoms with Crippen LogP contribution in [0.3, 0.4) is 0 Å². The fourth-order valence-electron chi connectivity index (χ4n) is 3.30. The molecule has 2 aromatic rings. The zero-order valence-electron chi connectivity index (χ0n) is 14.6. The summed E-state index contributed by atoms with van der Waals surface area (Å²) < 4.78 is 48.8. The summed E-state index contributed by atoms with van der Waals surface area (Å²) >= 11 is 0. The number of amides is 1. The van der Waals surface area contributed by atoms with E-state index < -0.39 is 29.2 Å². The molecular weight excluding hydrogens is 363 g/mol. The Bertz CT molecular complexity index is 851. The van der Waals surface area contributed by atoms with Gasteiger partial charge in [-0.1, -0.05) is 25.0 Å². The molecule has 1 fully saturated rings. The normalized spacial score (nSPS) is 16.1. The van der Waals surface area contributed by atoms with Gasteiger partial charge in [0.25, 0.3) is 5.91 Å². The van der Waals surface area contributed by atoms with Crippen molar-refractivity contribution in [1.29, 1.82) is 0 Å². The number of carbonyl (C=O) groups excluding carboxylic acids is 2. The van der Waals surface area contributed by atoms with Crippen molar-refractivity contribution in [3.05, 3.63) is 47.7 Å². The third-order valence-corrected chi connectivity index (χ3v) is 4.69. The number of hydrogen-bond donors (Lipinski definition) is 1. The number of ether oxygens (including phenoxy) is 1. The van der Waals surface area contributed by atoms with E-state index >= 15 is 0 Å². The van der Waals surface area contributed by atoms with Crippen molar-refractivity contribution in [2.24, 2.45) is 0 Å². The van der Waals surface area contributed by atoms with Crippen LogP contribution in [0.1, 0.15) is 41.8 Å². The van der Waals surface area contributed by atoms with Crippen molar-refractivity contribution in [2.75, 3.05) is 7.11 Å². The van der Waals surface area contributed by atoms with E-state index in [9.17, 15) is 22.8 Å². The van der Waals surface area contributed by atoms with E-state index in [1.807, 2.05) is 0 Å². The molecule has 27 heavy (non-hydrogen) atoms. The summed E-state index contributed by atoms with van der Waals surface area (Å²) in [5.41, 5.74) is -1.69. The Balaban J connectivity index is 1.81. The number of esters is 1. The van der Waals surface area contributed by atoms with Crippen LogP contribution >= 0.6 is 0 Å². The Morgan fingerprint density at radius 1 is 1.15 bits per heavy atom. The van der Waals surface area contributed by atoms with Gasteiger partial charge < -0.3 is 14.5 Å². The molecule has 3 rings (SSSR count). The van der Waals surface area contributed by atoms with Crippen molar-refractivity contribution >= 4 is 11.9 Å². The molecule has 1 aromatic carbocycles. The summed E-state index contributed by atoms with van der Waals surface area (Å²) in [6.07, 6.45) is -1.98. The maximum absolute atomic E-state index is 12.9. The minimum absolute atomic E-state index is 0.0856. The Morgan fingerprint density at radius 3 is 2.48 bits per heavy atom. The Hall–Kier alpha value is -2.77. The quantitative estimate of drug-likeness (QED) is 0.807. The van der Waals surface area contributed by atoms with Gasteiger partial charge in [-0.2, -0.15) is 13.2 Å². The van der Waals surface area contributed by atoms with Crippen LogP contribution in [-0.2, 0) is 15.7 Å². The Labute approximate surface area is 153 Å². The van der Waals surface area contributed by atoms with E-state index in [4.69, 9.17) is 9.15 Å². The van der Waals surface area contributed by atoms with Gasteiger partial charge in [-0.15, -0.1) is 0 Å². The number of halogens is 3.